The van der Waals surface area contributed by atoms with Crippen LogP contribution in [-0.4, -0.2) is 34.4 Å². The first-order valence-corrected chi connectivity index (χ1v) is 6.87. The van der Waals surface area contributed by atoms with Crippen molar-refractivity contribution in [2.24, 2.45) is 0 Å². The summed E-state index contributed by atoms with van der Waals surface area (Å²) in [6.07, 6.45) is 2.66. The lowest BCUT2D eigenvalue weighted by Gasteiger charge is -2.05. The van der Waals surface area contributed by atoms with Crippen LogP contribution < -0.4 is 10.6 Å². The first kappa shape index (κ1) is 16.7. The summed E-state index contributed by atoms with van der Waals surface area (Å²) in [4.78, 5) is 36.1. The van der Waals surface area contributed by atoms with E-state index in [9.17, 15) is 14.4 Å². The van der Waals surface area contributed by atoms with Crippen LogP contribution in [-0.2, 0) is 9.59 Å². The molecule has 0 aliphatic carbocycles. The van der Waals surface area contributed by atoms with Crippen LogP contribution in [0.5, 0.6) is 0 Å². The Morgan fingerprint density at radius 2 is 1.95 bits per heavy atom. The summed E-state index contributed by atoms with van der Waals surface area (Å²) in [6.45, 7) is 3.80. The van der Waals surface area contributed by atoms with Crippen LogP contribution in [0.3, 0.4) is 0 Å². The third-order valence-corrected chi connectivity index (χ3v) is 2.89. The molecule has 0 bridgehead atoms. The molecule has 0 saturated heterocycles. The molecule has 0 saturated carbocycles. The van der Waals surface area contributed by atoms with E-state index < -0.39 is 5.97 Å². The van der Waals surface area contributed by atoms with E-state index in [0.717, 1.165) is 12.8 Å². The van der Waals surface area contributed by atoms with Crippen molar-refractivity contribution in [1.29, 1.82) is 0 Å². The number of unbranched alkanes of at least 4 members (excludes halogenated alkanes) is 2. The van der Waals surface area contributed by atoms with Crippen molar-refractivity contribution in [3.8, 4) is 0 Å². The van der Waals surface area contributed by atoms with E-state index in [2.05, 4.69) is 15.6 Å². The summed E-state index contributed by atoms with van der Waals surface area (Å²) in [5.74, 6) is -1.37. The molecule has 2 amide bonds. The first-order chi connectivity index (χ1) is 9.90. The van der Waals surface area contributed by atoms with Crippen LogP contribution in [0.4, 0.5) is 5.69 Å². The minimum Gasteiger partial charge on any atom is -0.477 e. The Labute approximate surface area is 123 Å². The molecular weight excluding hydrogens is 274 g/mol. The normalized spacial score (nSPS) is 10.2. The number of carboxylic acids is 1. The molecule has 116 valence electrons. The number of carbonyl (C=O) groups is 3. The fourth-order valence-electron chi connectivity index (χ4n) is 1.92. The highest BCUT2D eigenvalue weighted by molar-refractivity contribution is 5.99. The Kier molecular flexibility index (Phi) is 6.45. The average molecular weight is 295 g/mol. The lowest BCUT2D eigenvalue weighted by molar-refractivity contribution is -0.119. The highest BCUT2D eigenvalue weighted by Crippen LogP contribution is 2.17. The molecule has 1 aromatic heterocycles. The molecule has 0 aromatic carbocycles. The standard InChI is InChI=1S/C14H21N3O4/c1-9-8-11(13(16-9)14(20)21)17-12(19)6-4-3-5-7-15-10(2)18/h8,16H,3-7H2,1-2H3,(H,15,18)(H,17,19)(H,20,21). The minimum atomic E-state index is -1.10. The number of aromatic carboxylic acids is 1. The lowest BCUT2D eigenvalue weighted by atomic mass is 10.2. The zero-order valence-corrected chi connectivity index (χ0v) is 12.3. The van der Waals surface area contributed by atoms with E-state index in [-0.39, 0.29) is 17.5 Å². The Balaban J connectivity index is 2.31. The van der Waals surface area contributed by atoms with Crippen molar-refractivity contribution in [1.82, 2.24) is 10.3 Å². The predicted molar refractivity (Wildman–Crippen MR) is 78.3 cm³/mol. The summed E-state index contributed by atoms with van der Waals surface area (Å²) >= 11 is 0. The van der Waals surface area contributed by atoms with Gasteiger partial charge in [0.2, 0.25) is 11.8 Å². The van der Waals surface area contributed by atoms with Crippen LogP contribution in [0.15, 0.2) is 6.07 Å². The molecule has 1 aromatic rings. The number of nitrogens with one attached hydrogen (secondary N) is 3. The van der Waals surface area contributed by atoms with Crippen LogP contribution in [0, 0.1) is 6.92 Å². The molecule has 0 atom stereocenters. The van der Waals surface area contributed by atoms with Gasteiger partial charge in [0.1, 0.15) is 5.69 Å². The summed E-state index contributed by atoms with van der Waals surface area (Å²) < 4.78 is 0. The van der Waals surface area contributed by atoms with Gasteiger partial charge in [0.25, 0.3) is 0 Å². The fraction of sp³-hybridized carbons (Fsp3) is 0.500. The van der Waals surface area contributed by atoms with Gasteiger partial charge in [0.05, 0.1) is 5.69 Å². The van der Waals surface area contributed by atoms with Crippen LogP contribution in [0.25, 0.3) is 0 Å². The SMILES string of the molecule is CC(=O)NCCCCCC(=O)Nc1cc(C)[nH]c1C(=O)O. The minimum absolute atomic E-state index is 0.00786. The number of amides is 2. The highest BCUT2D eigenvalue weighted by Gasteiger charge is 2.14. The zero-order valence-electron chi connectivity index (χ0n) is 12.3. The van der Waals surface area contributed by atoms with Crippen LogP contribution in [0.1, 0.15) is 48.8 Å². The van der Waals surface area contributed by atoms with Crippen LogP contribution >= 0.6 is 0 Å². The van der Waals surface area contributed by atoms with E-state index in [4.69, 9.17) is 5.11 Å². The Bertz CT molecular complexity index is 522. The third kappa shape index (κ3) is 6.11. The Morgan fingerprint density at radius 1 is 1.24 bits per heavy atom. The van der Waals surface area contributed by atoms with Gasteiger partial charge in [0, 0.05) is 25.6 Å². The van der Waals surface area contributed by atoms with Crippen molar-refractivity contribution in [2.45, 2.75) is 39.5 Å². The van der Waals surface area contributed by atoms with Gasteiger partial charge in [0.15, 0.2) is 0 Å². The number of carboxylic acid groups (broad SMARTS) is 1. The molecule has 0 fully saturated rings. The second-order valence-electron chi connectivity index (χ2n) is 4.89. The molecule has 4 N–H and O–H groups in total. The number of carbonyl (C=O) groups excluding carboxylic acids is 2. The largest absolute Gasteiger partial charge is 0.477 e. The predicted octanol–water partition coefficient (Wildman–Crippen LogP) is 1.66. The van der Waals surface area contributed by atoms with Crippen molar-refractivity contribution in [3.63, 3.8) is 0 Å². The van der Waals surface area contributed by atoms with Gasteiger partial charge >= 0.3 is 5.97 Å². The number of aromatic nitrogens is 1. The average Bonchev–Trinajstić information content (AvgIpc) is 2.74. The fourth-order valence-corrected chi connectivity index (χ4v) is 1.92. The maximum absolute atomic E-state index is 11.7. The molecular formula is C14H21N3O4. The van der Waals surface area contributed by atoms with Crippen LogP contribution in [0.2, 0.25) is 0 Å². The second kappa shape index (κ2) is 8.08. The Hall–Kier alpha value is -2.31. The molecule has 1 heterocycles. The third-order valence-electron chi connectivity index (χ3n) is 2.89. The molecule has 0 radical (unpaired) electrons. The molecule has 21 heavy (non-hydrogen) atoms. The quantitative estimate of drug-likeness (QED) is 0.546. The van der Waals surface area contributed by atoms with Gasteiger partial charge in [-0.1, -0.05) is 6.42 Å². The lowest BCUT2D eigenvalue weighted by Crippen LogP contribution is -2.20. The molecule has 1 rings (SSSR count). The van der Waals surface area contributed by atoms with E-state index in [1.165, 1.54) is 6.92 Å². The monoisotopic (exact) mass is 295 g/mol. The topological polar surface area (TPSA) is 111 Å². The number of hydrogen-bond acceptors (Lipinski definition) is 3. The smallest absolute Gasteiger partial charge is 0.354 e. The van der Waals surface area contributed by atoms with Gasteiger partial charge in [-0.15, -0.1) is 0 Å². The summed E-state index contributed by atoms with van der Waals surface area (Å²) in [5, 5.41) is 14.3. The van der Waals surface area contributed by atoms with E-state index in [1.807, 2.05) is 0 Å². The number of hydrogen-bond donors (Lipinski definition) is 4. The molecule has 7 nitrogen and oxygen atoms in total. The molecule has 7 heteroatoms. The van der Waals surface area contributed by atoms with E-state index in [1.54, 1.807) is 13.0 Å². The zero-order chi connectivity index (χ0) is 15.8. The maximum Gasteiger partial charge on any atom is 0.354 e. The molecule has 0 spiro atoms. The summed E-state index contributed by atoms with van der Waals surface area (Å²) in [6, 6.07) is 1.60. The Morgan fingerprint density at radius 3 is 2.57 bits per heavy atom. The van der Waals surface area contributed by atoms with Gasteiger partial charge in [-0.25, -0.2) is 4.79 Å². The summed E-state index contributed by atoms with van der Waals surface area (Å²) in [7, 11) is 0. The maximum atomic E-state index is 11.7. The molecule has 0 unspecified atom stereocenters. The molecule has 0 aliphatic heterocycles. The van der Waals surface area contributed by atoms with Gasteiger partial charge < -0.3 is 20.7 Å². The number of H-pyrrole nitrogens is 1. The summed E-state index contributed by atoms with van der Waals surface area (Å²) in [5.41, 5.74) is 0.966. The molecule has 0 aliphatic rings. The number of aromatic amines is 1. The van der Waals surface area contributed by atoms with Gasteiger partial charge in [-0.05, 0) is 25.8 Å². The number of rotatable bonds is 8. The first-order valence-electron chi connectivity index (χ1n) is 6.87. The van der Waals surface area contributed by atoms with Gasteiger partial charge in [-0.3, -0.25) is 9.59 Å². The van der Waals surface area contributed by atoms with E-state index >= 15 is 0 Å². The van der Waals surface area contributed by atoms with Crippen molar-refractivity contribution in [2.75, 3.05) is 11.9 Å². The second-order valence-corrected chi connectivity index (χ2v) is 4.89. The van der Waals surface area contributed by atoms with Crippen molar-refractivity contribution < 1.29 is 19.5 Å². The number of aryl methyl sites for hydroxylation is 1. The van der Waals surface area contributed by atoms with Gasteiger partial charge in [-0.2, -0.15) is 0 Å². The van der Waals surface area contributed by atoms with E-state index in [0.29, 0.717) is 30.8 Å². The van der Waals surface area contributed by atoms with Crippen molar-refractivity contribution >= 4 is 23.5 Å². The number of anilines is 1. The highest BCUT2D eigenvalue weighted by atomic mass is 16.4. The van der Waals surface area contributed by atoms with Crippen molar-refractivity contribution in [3.05, 3.63) is 17.5 Å².